The Bertz CT molecular complexity index is 1230. The van der Waals surface area contributed by atoms with Gasteiger partial charge in [0.2, 0.25) is 5.91 Å². The average Bonchev–Trinajstić information content (AvgIpc) is 3.38. The second-order valence-electron chi connectivity index (χ2n) is 8.95. The summed E-state index contributed by atoms with van der Waals surface area (Å²) in [5.41, 5.74) is 2.33. The van der Waals surface area contributed by atoms with Crippen molar-refractivity contribution in [3.8, 4) is 5.75 Å². The van der Waals surface area contributed by atoms with E-state index >= 15 is 0 Å². The van der Waals surface area contributed by atoms with Gasteiger partial charge in [0.15, 0.2) is 0 Å². The summed E-state index contributed by atoms with van der Waals surface area (Å²) in [5.74, 6) is -0.214. The Hall–Kier alpha value is -2.94. The number of aryl methyl sites for hydroxylation is 1. The fourth-order valence-electron chi connectivity index (χ4n) is 4.44. The van der Waals surface area contributed by atoms with E-state index in [1.165, 1.54) is 34.0 Å². The normalized spacial score (nSPS) is 14.8. The molecule has 1 aliphatic heterocycles. The SMILES string of the molecule is COCCCN(CC(=O)N1CCc2sccc2[C@H]1COc1ccc(Cl)c(C)c1)C(=O)c1ccc(F)cc1. The number of rotatable bonds is 10. The molecule has 0 saturated heterocycles. The molecule has 0 saturated carbocycles. The number of hydrogen-bond acceptors (Lipinski definition) is 5. The minimum Gasteiger partial charge on any atom is -0.491 e. The van der Waals surface area contributed by atoms with Gasteiger partial charge in [0.1, 0.15) is 24.7 Å². The van der Waals surface area contributed by atoms with E-state index < -0.39 is 5.82 Å². The number of nitrogens with zero attached hydrogens (tertiary/aromatic N) is 2. The lowest BCUT2D eigenvalue weighted by Gasteiger charge is -2.37. The number of halogens is 2. The quantitative estimate of drug-likeness (QED) is 0.315. The van der Waals surface area contributed by atoms with Gasteiger partial charge in [-0.15, -0.1) is 11.3 Å². The molecule has 2 amide bonds. The molecule has 0 bridgehead atoms. The lowest BCUT2D eigenvalue weighted by atomic mass is 10.00. The first-order valence-electron chi connectivity index (χ1n) is 12.2. The number of fused-ring (bicyclic) bond motifs is 1. The lowest BCUT2D eigenvalue weighted by Crippen LogP contribution is -2.48. The number of hydrogen-bond donors (Lipinski definition) is 0. The third-order valence-electron chi connectivity index (χ3n) is 6.43. The third kappa shape index (κ3) is 6.69. The summed E-state index contributed by atoms with van der Waals surface area (Å²) in [6.45, 7) is 3.45. The van der Waals surface area contributed by atoms with Gasteiger partial charge in [-0.2, -0.15) is 0 Å². The number of methoxy groups -OCH3 is 1. The van der Waals surface area contributed by atoms with Crippen molar-refractivity contribution >= 4 is 34.8 Å². The van der Waals surface area contributed by atoms with E-state index in [2.05, 4.69) is 0 Å². The Morgan fingerprint density at radius 2 is 1.97 bits per heavy atom. The Balaban J connectivity index is 1.52. The first-order valence-corrected chi connectivity index (χ1v) is 13.4. The van der Waals surface area contributed by atoms with Crippen molar-refractivity contribution < 1.29 is 23.5 Å². The molecule has 1 atom stereocenters. The topological polar surface area (TPSA) is 59.1 Å². The van der Waals surface area contributed by atoms with Crippen molar-refractivity contribution in [2.45, 2.75) is 25.8 Å². The molecule has 9 heteroatoms. The van der Waals surface area contributed by atoms with Gasteiger partial charge in [0.25, 0.3) is 5.91 Å². The predicted molar refractivity (Wildman–Crippen MR) is 143 cm³/mol. The molecular formula is C28H30ClFN2O4S. The molecule has 4 rings (SSSR count). The van der Waals surface area contributed by atoms with Crippen molar-refractivity contribution in [2.24, 2.45) is 0 Å². The van der Waals surface area contributed by atoms with Crippen molar-refractivity contribution in [3.05, 3.63) is 86.3 Å². The van der Waals surface area contributed by atoms with Crippen LogP contribution in [0.2, 0.25) is 5.02 Å². The highest BCUT2D eigenvalue weighted by molar-refractivity contribution is 7.10. The number of benzene rings is 2. The van der Waals surface area contributed by atoms with E-state index in [-0.39, 0.29) is 31.0 Å². The highest BCUT2D eigenvalue weighted by atomic mass is 35.5. The second-order valence-corrected chi connectivity index (χ2v) is 10.4. The maximum atomic E-state index is 13.7. The zero-order valence-corrected chi connectivity index (χ0v) is 22.5. The first kappa shape index (κ1) is 27.1. The van der Waals surface area contributed by atoms with Crippen molar-refractivity contribution in [1.29, 1.82) is 0 Å². The molecule has 1 aliphatic rings. The molecule has 0 aliphatic carbocycles. The van der Waals surface area contributed by atoms with Crippen LogP contribution in [0.1, 0.15) is 38.8 Å². The summed E-state index contributed by atoms with van der Waals surface area (Å²) in [6.07, 6.45) is 1.33. The number of ether oxygens (including phenoxy) is 2. The zero-order chi connectivity index (χ0) is 26.4. The van der Waals surface area contributed by atoms with E-state index in [1.807, 2.05) is 30.5 Å². The summed E-state index contributed by atoms with van der Waals surface area (Å²) in [6, 6.07) is 12.6. The average molecular weight is 545 g/mol. The Morgan fingerprint density at radius 1 is 1.19 bits per heavy atom. The van der Waals surface area contributed by atoms with Crippen molar-refractivity contribution in [2.75, 3.05) is 40.0 Å². The Labute approximate surface area is 225 Å². The molecule has 6 nitrogen and oxygen atoms in total. The molecule has 2 aromatic carbocycles. The highest BCUT2D eigenvalue weighted by Gasteiger charge is 2.33. The summed E-state index contributed by atoms with van der Waals surface area (Å²) in [5, 5.41) is 2.70. The van der Waals surface area contributed by atoms with Gasteiger partial charge in [-0.25, -0.2) is 4.39 Å². The maximum Gasteiger partial charge on any atom is 0.254 e. The van der Waals surface area contributed by atoms with Gasteiger partial charge in [0, 0.05) is 42.3 Å². The Kier molecular flexibility index (Phi) is 9.18. The largest absolute Gasteiger partial charge is 0.491 e. The number of thiophene rings is 1. The van der Waals surface area contributed by atoms with Crippen LogP contribution < -0.4 is 4.74 Å². The molecule has 0 spiro atoms. The van der Waals surface area contributed by atoms with Crippen molar-refractivity contribution in [3.63, 3.8) is 0 Å². The zero-order valence-electron chi connectivity index (χ0n) is 20.9. The number of carbonyl (C=O) groups is 2. The van der Waals surface area contributed by atoms with Crippen LogP contribution in [0, 0.1) is 12.7 Å². The predicted octanol–water partition coefficient (Wildman–Crippen LogP) is 5.53. The van der Waals surface area contributed by atoms with E-state index in [1.54, 1.807) is 29.4 Å². The van der Waals surface area contributed by atoms with Crippen LogP contribution in [0.25, 0.3) is 0 Å². The molecular weight excluding hydrogens is 515 g/mol. The summed E-state index contributed by atoms with van der Waals surface area (Å²) in [4.78, 5) is 31.4. The maximum absolute atomic E-state index is 13.7. The van der Waals surface area contributed by atoms with Gasteiger partial charge < -0.3 is 19.3 Å². The smallest absolute Gasteiger partial charge is 0.254 e. The van der Waals surface area contributed by atoms with Crippen LogP contribution in [-0.2, 0) is 16.0 Å². The standard InChI is InChI=1S/C28H30ClFN2O4S/c1-19-16-22(8-9-24(19)29)36-18-25-23-11-15-37-26(23)10-13-32(25)27(33)17-31(12-3-14-35-2)28(34)20-4-6-21(30)7-5-20/h4-9,11,15-16,25H,3,10,12-14,17-18H2,1-2H3/t25-/m1/s1. The number of carbonyl (C=O) groups excluding carboxylic acids is 2. The third-order valence-corrected chi connectivity index (χ3v) is 7.85. The van der Waals surface area contributed by atoms with Crippen LogP contribution in [0.5, 0.6) is 5.75 Å². The minimum atomic E-state index is -0.419. The summed E-state index contributed by atoms with van der Waals surface area (Å²) in [7, 11) is 1.59. The van der Waals surface area contributed by atoms with E-state index in [0.717, 1.165) is 17.5 Å². The van der Waals surface area contributed by atoms with E-state index in [4.69, 9.17) is 21.1 Å². The molecule has 37 heavy (non-hydrogen) atoms. The summed E-state index contributed by atoms with van der Waals surface area (Å²) < 4.78 is 24.7. The van der Waals surface area contributed by atoms with Gasteiger partial charge in [-0.1, -0.05) is 11.6 Å². The molecule has 0 unspecified atom stereocenters. The van der Waals surface area contributed by atoms with Crippen LogP contribution >= 0.6 is 22.9 Å². The van der Waals surface area contributed by atoms with Gasteiger partial charge >= 0.3 is 0 Å². The van der Waals surface area contributed by atoms with Crippen molar-refractivity contribution in [1.82, 2.24) is 9.80 Å². The molecule has 0 radical (unpaired) electrons. The molecule has 1 aromatic heterocycles. The van der Waals surface area contributed by atoms with Gasteiger partial charge in [-0.3, -0.25) is 9.59 Å². The molecule has 196 valence electrons. The van der Waals surface area contributed by atoms with Crippen LogP contribution in [0.15, 0.2) is 53.9 Å². The van der Waals surface area contributed by atoms with Crippen LogP contribution in [0.3, 0.4) is 0 Å². The van der Waals surface area contributed by atoms with E-state index in [0.29, 0.717) is 42.5 Å². The van der Waals surface area contributed by atoms with Crippen LogP contribution in [0.4, 0.5) is 4.39 Å². The molecule has 0 fully saturated rings. The second kappa shape index (κ2) is 12.5. The minimum absolute atomic E-state index is 0.0874. The summed E-state index contributed by atoms with van der Waals surface area (Å²) >= 11 is 7.83. The molecule has 3 aromatic rings. The Morgan fingerprint density at radius 3 is 2.70 bits per heavy atom. The lowest BCUT2D eigenvalue weighted by molar-refractivity contribution is -0.135. The monoisotopic (exact) mass is 544 g/mol. The van der Waals surface area contributed by atoms with E-state index in [9.17, 15) is 14.0 Å². The highest BCUT2D eigenvalue weighted by Crippen LogP contribution is 2.34. The fourth-order valence-corrected chi connectivity index (χ4v) is 5.48. The van der Waals surface area contributed by atoms with Gasteiger partial charge in [0.05, 0.1) is 6.04 Å². The van der Waals surface area contributed by atoms with Gasteiger partial charge in [-0.05, 0) is 84.8 Å². The van der Waals surface area contributed by atoms with Crippen LogP contribution in [-0.4, -0.2) is 61.6 Å². The molecule has 2 heterocycles. The first-order chi connectivity index (χ1) is 17.9. The number of amides is 2. The fraction of sp³-hybridized carbons (Fsp3) is 0.357. The molecule has 0 N–H and O–H groups in total.